The second-order valence-electron chi connectivity index (χ2n) is 5.31. The fourth-order valence-electron chi connectivity index (χ4n) is 2.04. The van der Waals surface area contributed by atoms with Crippen LogP contribution in [0.4, 0.5) is 5.69 Å². The van der Waals surface area contributed by atoms with E-state index in [-0.39, 0.29) is 24.4 Å². The molecular formula is C17H20N4O6. The van der Waals surface area contributed by atoms with Gasteiger partial charge in [-0.1, -0.05) is 5.92 Å². The summed E-state index contributed by atoms with van der Waals surface area (Å²) in [5.74, 6) is 0.113. The molecule has 10 nitrogen and oxygen atoms in total. The molecule has 1 aromatic rings. The second-order valence-corrected chi connectivity index (χ2v) is 5.31. The Balaban J connectivity index is 3.02. The average molecular weight is 376 g/mol. The molecule has 5 N–H and O–H groups in total. The van der Waals surface area contributed by atoms with Gasteiger partial charge in [-0.2, -0.15) is 0 Å². The number of amides is 1. The van der Waals surface area contributed by atoms with Crippen molar-refractivity contribution in [1.29, 1.82) is 0 Å². The zero-order valence-electron chi connectivity index (χ0n) is 14.6. The number of nitrogens with two attached hydrogens (primary N) is 1. The van der Waals surface area contributed by atoms with Gasteiger partial charge in [-0.05, 0) is 24.6 Å². The van der Waals surface area contributed by atoms with Gasteiger partial charge in [0.15, 0.2) is 5.75 Å². The Bertz CT molecular complexity index is 812. The fourth-order valence-corrected chi connectivity index (χ4v) is 2.04. The molecule has 0 bridgehead atoms. The van der Waals surface area contributed by atoms with Crippen molar-refractivity contribution in [2.24, 2.45) is 10.7 Å². The Morgan fingerprint density at radius 1 is 1.52 bits per heavy atom. The van der Waals surface area contributed by atoms with E-state index in [1.807, 2.05) is 0 Å². The zero-order chi connectivity index (χ0) is 20.6. The van der Waals surface area contributed by atoms with Crippen LogP contribution in [0.5, 0.6) is 11.5 Å². The van der Waals surface area contributed by atoms with Crippen LogP contribution < -0.4 is 5.73 Å². The second kappa shape index (κ2) is 9.79. The molecule has 144 valence electrons. The smallest absolute Gasteiger partial charge is 0.315 e. The first-order valence-corrected chi connectivity index (χ1v) is 7.80. The van der Waals surface area contributed by atoms with Gasteiger partial charge in [0, 0.05) is 18.8 Å². The SMILES string of the molecule is C#C[C@@H](CO)N=CCN(CC)C(=O)/C(N)=C/c1cc(O)c(O)c([N+](=O)[O-])c1. The van der Waals surface area contributed by atoms with Gasteiger partial charge in [0.2, 0.25) is 5.75 Å². The van der Waals surface area contributed by atoms with Gasteiger partial charge < -0.3 is 26.0 Å². The summed E-state index contributed by atoms with van der Waals surface area (Å²) >= 11 is 0. The molecule has 0 saturated heterocycles. The molecule has 10 heteroatoms. The Morgan fingerprint density at radius 2 is 2.19 bits per heavy atom. The van der Waals surface area contributed by atoms with Crippen molar-refractivity contribution in [2.75, 3.05) is 19.7 Å². The van der Waals surface area contributed by atoms with Crippen LogP contribution >= 0.6 is 0 Å². The van der Waals surface area contributed by atoms with Crippen molar-refractivity contribution in [3.8, 4) is 23.8 Å². The third-order valence-corrected chi connectivity index (χ3v) is 3.48. The van der Waals surface area contributed by atoms with Crippen LogP contribution in [0.2, 0.25) is 0 Å². The third-order valence-electron chi connectivity index (χ3n) is 3.48. The number of phenolic OH excluding ortho intramolecular Hbond substituents is 2. The summed E-state index contributed by atoms with van der Waals surface area (Å²) in [7, 11) is 0. The molecule has 0 aliphatic rings. The molecule has 0 unspecified atom stereocenters. The first-order valence-electron chi connectivity index (χ1n) is 7.80. The Kier molecular flexibility index (Phi) is 7.78. The van der Waals surface area contributed by atoms with Crippen molar-refractivity contribution in [3.63, 3.8) is 0 Å². The number of nitro groups is 1. The number of carbonyl (C=O) groups excluding carboxylic acids is 1. The van der Waals surface area contributed by atoms with Crippen molar-refractivity contribution in [2.45, 2.75) is 13.0 Å². The van der Waals surface area contributed by atoms with Crippen molar-refractivity contribution in [3.05, 3.63) is 33.5 Å². The maximum atomic E-state index is 12.4. The van der Waals surface area contributed by atoms with Crippen LogP contribution in [-0.4, -0.2) is 63.0 Å². The summed E-state index contributed by atoms with van der Waals surface area (Å²) in [6.07, 6.45) is 7.69. The summed E-state index contributed by atoms with van der Waals surface area (Å²) in [5.41, 5.74) is 4.88. The van der Waals surface area contributed by atoms with Gasteiger partial charge in [-0.15, -0.1) is 6.42 Å². The molecule has 1 atom stereocenters. The van der Waals surface area contributed by atoms with Crippen LogP contribution in [0.1, 0.15) is 12.5 Å². The van der Waals surface area contributed by atoms with Gasteiger partial charge in [-0.3, -0.25) is 19.9 Å². The van der Waals surface area contributed by atoms with E-state index in [2.05, 4.69) is 10.9 Å². The van der Waals surface area contributed by atoms with Crippen molar-refractivity contribution >= 4 is 23.9 Å². The molecule has 0 saturated carbocycles. The quantitative estimate of drug-likeness (QED) is 0.126. The Hall–Kier alpha value is -3.58. The number of aliphatic imine (C=N–C) groups is 1. The lowest BCUT2D eigenvalue weighted by Crippen LogP contribution is -2.35. The normalized spacial score (nSPS) is 12.6. The number of nitrogens with zero attached hydrogens (tertiary/aromatic N) is 3. The number of rotatable bonds is 8. The Morgan fingerprint density at radius 3 is 2.70 bits per heavy atom. The summed E-state index contributed by atoms with van der Waals surface area (Å²) in [6, 6.07) is 1.32. The van der Waals surface area contributed by atoms with Gasteiger partial charge >= 0.3 is 5.69 Å². The van der Waals surface area contributed by atoms with E-state index in [0.717, 1.165) is 18.2 Å². The molecule has 1 amide bonds. The minimum Gasteiger partial charge on any atom is -0.504 e. The number of carbonyl (C=O) groups is 1. The predicted molar refractivity (Wildman–Crippen MR) is 99.0 cm³/mol. The van der Waals surface area contributed by atoms with Crippen molar-refractivity contribution < 1.29 is 25.0 Å². The standard InChI is InChI=1S/C17H20N4O6/c1-3-12(10-22)19-5-6-20(4-2)17(25)13(18)7-11-8-14(21(26)27)16(24)15(23)9-11/h1,5,7-9,12,22-24H,4,6,10,18H2,2H3/b13-7-,19-5?/t12-/m0/s1. The minimum absolute atomic E-state index is 0.0697. The maximum absolute atomic E-state index is 12.4. The molecule has 27 heavy (non-hydrogen) atoms. The highest BCUT2D eigenvalue weighted by molar-refractivity contribution is 5.98. The zero-order valence-corrected chi connectivity index (χ0v) is 14.6. The topological polar surface area (TPSA) is 163 Å². The maximum Gasteiger partial charge on any atom is 0.315 e. The van der Waals surface area contributed by atoms with Crippen LogP contribution in [-0.2, 0) is 4.79 Å². The minimum atomic E-state index is -0.875. The van der Waals surface area contributed by atoms with E-state index in [1.165, 1.54) is 11.1 Å². The summed E-state index contributed by atoms with van der Waals surface area (Å²) in [4.78, 5) is 27.7. The van der Waals surface area contributed by atoms with Crippen LogP contribution in [0.15, 0.2) is 22.8 Å². The number of aliphatic hydroxyl groups is 1. The van der Waals surface area contributed by atoms with E-state index >= 15 is 0 Å². The largest absolute Gasteiger partial charge is 0.504 e. The lowest BCUT2D eigenvalue weighted by atomic mass is 10.1. The molecule has 0 heterocycles. The first kappa shape index (κ1) is 21.5. The van der Waals surface area contributed by atoms with Crippen LogP contribution in [0, 0.1) is 22.5 Å². The Labute approximate surface area is 155 Å². The molecule has 0 aliphatic carbocycles. The molecule has 0 spiro atoms. The number of nitro benzene ring substituents is 1. The van der Waals surface area contributed by atoms with Gasteiger partial charge in [0.1, 0.15) is 6.04 Å². The molecule has 1 aromatic carbocycles. The number of hydrogen-bond acceptors (Lipinski definition) is 8. The lowest BCUT2D eigenvalue weighted by molar-refractivity contribution is -0.386. The fraction of sp³-hybridized carbons (Fsp3) is 0.294. The monoisotopic (exact) mass is 376 g/mol. The van der Waals surface area contributed by atoms with Crippen LogP contribution in [0.3, 0.4) is 0 Å². The highest BCUT2D eigenvalue weighted by Crippen LogP contribution is 2.36. The number of benzene rings is 1. The number of terminal acetylenes is 1. The summed E-state index contributed by atoms with van der Waals surface area (Å²) < 4.78 is 0. The molecule has 0 aromatic heterocycles. The highest BCUT2D eigenvalue weighted by Gasteiger charge is 2.19. The molecular weight excluding hydrogens is 356 g/mol. The van der Waals surface area contributed by atoms with Crippen LogP contribution in [0.25, 0.3) is 6.08 Å². The first-order chi connectivity index (χ1) is 12.7. The van der Waals surface area contributed by atoms with Gasteiger partial charge in [-0.25, -0.2) is 0 Å². The number of likely N-dealkylation sites (N-methyl/N-ethyl adjacent to an activating group) is 1. The number of aliphatic hydroxyl groups excluding tert-OH is 1. The molecule has 0 aliphatic heterocycles. The van der Waals surface area contributed by atoms with Crippen molar-refractivity contribution in [1.82, 2.24) is 4.90 Å². The lowest BCUT2D eigenvalue weighted by Gasteiger charge is -2.19. The highest BCUT2D eigenvalue weighted by atomic mass is 16.6. The van der Waals surface area contributed by atoms with Gasteiger partial charge in [0.25, 0.3) is 5.91 Å². The molecule has 0 fully saturated rings. The van der Waals surface area contributed by atoms with E-state index in [9.17, 15) is 25.1 Å². The average Bonchev–Trinajstić information content (AvgIpc) is 2.64. The number of hydrogen-bond donors (Lipinski definition) is 4. The molecule has 0 radical (unpaired) electrons. The number of aromatic hydroxyl groups is 2. The summed E-state index contributed by atoms with van der Waals surface area (Å²) in [6.45, 7) is 1.77. The number of phenols is 2. The summed E-state index contributed by atoms with van der Waals surface area (Å²) in [5, 5.41) is 38.9. The van der Waals surface area contributed by atoms with E-state index in [1.54, 1.807) is 6.92 Å². The predicted octanol–water partition coefficient (Wildman–Crippen LogP) is 0.219. The van der Waals surface area contributed by atoms with Gasteiger partial charge in [0.05, 0.1) is 23.8 Å². The molecule has 1 rings (SSSR count). The van der Waals surface area contributed by atoms with E-state index in [0.29, 0.717) is 6.54 Å². The van der Waals surface area contributed by atoms with E-state index < -0.39 is 34.1 Å². The third kappa shape index (κ3) is 5.72. The van der Waals surface area contributed by atoms with E-state index in [4.69, 9.17) is 17.3 Å².